The molecular formula is C37H76ClISi. The first kappa shape index (κ1) is 41.2. The molecule has 0 saturated heterocycles. The van der Waals surface area contributed by atoms with Crippen LogP contribution in [0.4, 0.5) is 0 Å². The lowest BCUT2D eigenvalue weighted by atomic mass is 10.0. The Balaban J connectivity index is 3.04. The lowest BCUT2D eigenvalue weighted by Gasteiger charge is -2.11. The maximum absolute atomic E-state index is 6.40. The normalized spacial score (nSPS) is 12.0. The maximum atomic E-state index is 6.40. The van der Waals surface area contributed by atoms with Crippen molar-refractivity contribution in [1.82, 2.24) is 0 Å². The molecule has 0 bridgehead atoms. The Morgan fingerprint density at radius 2 is 0.450 bits per heavy atom. The molecule has 242 valence electrons. The molecule has 40 heavy (non-hydrogen) atoms. The molecule has 0 heterocycles. The molecule has 0 nitrogen and oxygen atoms in total. The van der Waals surface area contributed by atoms with Gasteiger partial charge in [0, 0.05) is 0 Å². The lowest BCUT2D eigenvalue weighted by molar-refractivity contribution is 0.512. The fourth-order valence-corrected chi connectivity index (χ4v) is 8.15. The highest BCUT2D eigenvalue weighted by molar-refractivity contribution is 14.1. The zero-order valence-corrected chi connectivity index (χ0v) is 31.9. The van der Waals surface area contributed by atoms with Crippen molar-refractivity contribution >= 4 is 41.1 Å². The van der Waals surface area contributed by atoms with Gasteiger partial charge >= 0.3 is 0 Å². The smallest absolute Gasteiger partial charge is 0.150 e. The molecule has 0 radical (unpaired) electrons. The molecule has 0 spiro atoms. The second kappa shape index (κ2) is 34.7. The van der Waals surface area contributed by atoms with E-state index in [0.717, 1.165) is 0 Å². The first-order valence-corrected chi connectivity index (χ1v) is 24.6. The first-order valence-electron chi connectivity index (χ1n) is 18.8. The van der Waals surface area contributed by atoms with Crippen LogP contribution in [0.1, 0.15) is 212 Å². The molecule has 0 aromatic heterocycles. The molecular weight excluding hydrogens is 635 g/mol. The summed E-state index contributed by atoms with van der Waals surface area (Å²) in [5, 5.41) is 0. The second-order valence-corrected chi connectivity index (χ2v) is 21.9. The van der Waals surface area contributed by atoms with Gasteiger partial charge in [-0.15, -0.1) is 0 Å². The monoisotopic (exact) mass is 710 g/mol. The quantitative estimate of drug-likeness (QED) is 0.0202. The standard InChI is InChI=1S/C37H76ClISi/c1-40(2,38)37-35-33-31-29-27-25-23-21-19-17-15-13-11-9-7-5-3-4-6-8-10-12-14-16-18-20-22-24-26-28-30-32-34-36-39/h3-37H2,1-2H3. The Bertz CT molecular complexity index is 450. The molecule has 0 aromatic rings. The van der Waals surface area contributed by atoms with Gasteiger partial charge in [0.2, 0.25) is 0 Å². The average Bonchev–Trinajstić information content (AvgIpc) is 2.92. The Kier molecular flexibility index (Phi) is 35.8. The molecule has 0 unspecified atom stereocenters. The number of hydrogen-bond acceptors (Lipinski definition) is 0. The number of alkyl halides is 1. The van der Waals surface area contributed by atoms with Crippen LogP contribution in [-0.4, -0.2) is 11.8 Å². The van der Waals surface area contributed by atoms with Gasteiger partial charge in [0.05, 0.1) is 0 Å². The van der Waals surface area contributed by atoms with Crippen LogP contribution in [0.3, 0.4) is 0 Å². The van der Waals surface area contributed by atoms with Gasteiger partial charge < -0.3 is 0 Å². The van der Waals surface area contributed by atoms with Gasteiger partial charge in [0.25, 0.3) is 0 Å². The van der Waals surface area contributed by atoms with Crippen molar-refractivity contribution in [3.63, 3.8) is 0 Å². The Labute approximate surface area is 275 Å². The third-order valence-electron chi connectivity index (χ3n) is 8.90. The van der Waals surface area contributed by atoms with Crippen molar-refractivity contribution in [2.24, 2.45) is 0 Å². The van der Waals surface area contributed by atoms with Crippen LogP contribution in [0.5, 0.6) is 0 Å². The molecule has 0 saturated carbocycles. The van der Waals surface area contributed by atoms with E-state index in [4.69, 9.17) is 11.1 Å². The zero-order chi connectivity index (χ0) is 29.2. The van der Waals surface area contributed by atoms with Gasteiger partial charge in [0.15, 0.2) is 0 Å². The minimum absolute atomic E-state index is 1.30. The summed E-state index contributed by atoms with van der Waals surface area (Å²) < 4.78 is 1.34. The van der Waals surface area contributed by atoms with Gasteiger partial charge in [-0.2, -0.15) is 11.1 Å². The second-order valence-electron chi connectivity index (χ2n) is 13.8. The number of rotatable bonds is 35. The van der Waals surface area contributed by atoms with E-state index < -0.39 is 7.38 Å². The van der Waals surface area contributed by atoms with Crippen LogP contribution >= 0.6 is 33.7 Å². The maximum Gasteiger partial charge on any atom is 0.150 e. The van der Waals surface area contributed by atoms with Crippen LogP contribution in [0.25, 0.3) is 0 Å². The first-order chi connectivity index (χ1) is 19.6. The molecule has 0 N–H and O–H groups in total. The van der Waals surface area contributed by atoms with Crippen LogP contribution in [-0.2, 0) is 0 Å². The van der Waals surface area contributed by atoms with E-state index in [-0.39, 0.29) is 0 Å². The van der Waals surface area contributed by atoms with E-state index in [1.807, 2.05) is 0 Å². The average molecular weight is 711 g/mol. The van der Waals surface area contributed by atoms with Crippen LogP contribution in [0.15, 0.2) is 0 Å². The van der Waals surface area contributed by atoms with E-state index in [9.17, 15) is 0 Å². The molecule has 0 amide bonds. The van der Waals surface area contributed by atoms with Crippen molar-refractivity contribution in [1.29, 1.82) is 0 Å². The summed E-state index contributed by atoms with van der Waals surface area (Å²) in [5.74, 6) is 0. The topological polar surface area (TPSA) is 0 Å². The molecule has 0 aromatic carbocycles. The largest absolute Gasteiger partial charge is 0.168 e. The summed E-state index contributed by atoms with van der Waals surface area (Å²) >= 11 is 8.90. The highest BCUT2D eigenvalue weighted by atomic mass is 127. The molecule has 0 aliphatic heterocycles. The van der Waals surface area contributed by atoms with E-state index in [0.29, 0.717) is 0 Å². The van der Waals surface area contributed by atoms with Gasteiger partial charge in [-0.05, 0) is 16.9 Å². The van der Waals surface area contributed by atoms with Crippen molar-refractivity contribution in [2.75, 3.05) is 4.43 Å². The van der Waals surface area contributed by atoms with Gasteiger partial charge in [-0.1, -0.05) is 241 Å². The lowest BCUT2D eigenvalue weighted by Crippen LogP contribution is -2.14. The van der Waals surface area contributed by atoms with Crippen LogP contribution < -0.4 is 0 Å². The Morgan fingerprint density at radius 1 is 0.300 bits per heavy atom. The van der Waals surface area contributed by atoms with Crippen molar-refractivity contribution < 1.29 is 0 Å². The van der Waals surface area contributed by atoms with Crippen LogP contribution in [0.2, 0.25) is 19.1 Å². The highest BCUT2D eigenvalue weighted by Crippen LogP contribution is 2.20. The molecule has 0 aliphatic carbocycles. The van der Waals surface area contributed by atoms with Gasteiger partial charge in [-0.25, -0.2) is 0 Å². The van der Waals surface area contributed by atoms with Crippen molar-refractivity contribution in [3.05, 3.63) is 0 Å². The number of halogens is 2. The summed E-state index contributed by atoms with van der Waals surface area (Å²) in [6.45, 7) is 4.55. The predicted octanol–water partition coefficient (Wildman–Crippen LogP) is 15.7. The van der Waals surface area contributed by atoms with E-state index in [1.165, 1.54) is 222 Å². The van der Waals surface area contributed by atoms with E-state index in [1.54, 1.807) is 0 Å². The summed E-state index contributed by atoms with van der Waals surface area (Å²) in [6.07, 6.45) is 48.6. The summed E-state index contributed by atoms with van der Waals surface area (Å²) in [7, 11) is -1.31. The Hall–Kier alpha value is 1.24. The SMILES string of the molecule is C[Si](C)(Cl)CCCCCCCCCCCCCCCCCCCCCCCCCCCCCCCCCCCI. The van der Waals surface area contributed by atoms with Crippen molar-refractivity contribution in [3.8, 4) is 0 Å². The minimum Gasteiger partial charge on any atom is -0.168 e. The highest BCUT2D eigenvalue weighted by Gasteiger charge is 2.15. The van der Waals surface area contributed by atoms with E-state index in [2.05, 4.69) is 35.7 Å². The van der Waals surface area contributed by atoms with Gasteiger partial charge in [0.1, 0.15) is 7.38 Å². The van der Waals surface area contributed by atoms with E-state index >= 15 is 0 Å². The third-order valence-corrected chi connectivity index (χ3v) is 11.8. The number of hydrogen-bond donors (Lipinski definition) is 0. The fourth-order valence-electron chi connectivity index (χ4n) is 6.12. The predicted molar refractivity (Wildman–Crippen MR) is 199 cm³/mol. The summed E-state index contributed by atoms with van der Waals surface area (Å²) in [5.41, 5.74) is 0. The minimum atomic E-state index is -1.31. The zero-order valence-electron chi connectivity index (χ0n) is 28.0. The Morgan fingerprint density at radius 3 is 0.600 bits per heavy atom. The summed E-state index contributed by atoms with van der Waals surface area (Å²) in [4.78, 5) is 0. The van der Waals surface area contributed by atoms with Crippen molar-refractivity contribution in [2.45, 2.75) is 231 Å². The fraction of sp³-hybridized carbons (Fsp3) is 1.00. The molecule has 0 rings (SSSR count). The number of unbranched alkanes of at least 4 members (excludes halogenated alkanes) is 32. The third kappa shape index (κ3) is 39.2. The van der Waals surface area contributed by atoms with Crippen LogP contribution in [0, 0.1) is 0 Å². The summed E-state index contributed by atoms with van der Waals surface area (Å²) in [6, 6.07) is 1.30. The molecule has 3 heteroatoms. The molecule has 0 fully saturated rings. The molecule has 0 atom stereocenters. The molecule has 0 aliphatic rings. The van der Waals surface area contributed by atoms with Gasteiger partial charge in [-0.3, -0.25) is 0 Å².